The number of benzene rings is 2. The van der Waals surface area contributed by atoms with Crippen LogP contribution in [-0.4, -0.2) is 53.2 Å². The summed E-state index contributed by atoms with van der Waals surface area (Å²) in [5.41, 5.74) is 3.83. The Bertz CT molecular complexity index is 1070. The average molecular weight is 479 g/mol. The molecule has 0 radical (unpaired) electrons. The molecule has 4 rings (SSSR count). The number of nitrogens with one attached hydrogen (secondary N) is 1. The molecule has 2 aliphatic carbocycles. The number of carboxylic acids is 1. The lowest BCUT2D eigenvalue weighted by Gasteiger charge is -2.38. The van der Waals surface area contributed by atoms with Crippen molar-refractivity contribution in [2.75, 3.05) is 13.2 Å². The molecule has 2 aromatic rings. The number of carboxylic acid groups (broad SMARTS) is 1. The first kappa shape index (κ1) is 24.8. The summed E-state index contributed by atoms with van der Waals surface area (Å²) in [6, 6.07) is 15.6. The molecule has 3 atom stereocenters. The van der Waals surface area contributed by atoms with Crippen LogP contribution in [0.5, 0.6) is 0 Å². The normalized spacial score (nSPS) is 21.6. The highest BCUT2D eigenvalue weighted by molar-refractivity contribution is 5.85. The first-order chi connectivity index (χ1) is 16.8. The van der Waals surface area contributed by atoms with Crippen LogP contribution >= 0.6 is 0 Å². The number of alkyl carbamates (subject to hydrolysis) is 1. The summed E-state index contributed by atoms with van der Waals surface area (Å²) >= 11 is 0. The van der Waals surface area contributed by atoms with Crippen LogP contribution in [0.4, 0.5) is 4.79 Å². The van der Waals surface area contributed by atoms with Crippen LogP contribution in [0.15, 0.2) is 48.5 Å². The minimum Gasteiger partial charge on any atom is -0.481 e. The molecule has 0 aromatic heterocycles. The zero-order chi connectivity index (χ0) is 25.2. The third-order valence-corrected chi connectivity index (χ3v) is 7.69. The summed E-state index contributed by atoms with van der Waals surface area (Å²) in [7, 11) is 0. The molecule has 2 amide bonds. The fourth-order valence-corrected chi connectivity index (χ4v) is 5.78. The maximum atomic E-state index is 13.5. The van der Waals surface area contributed by atoms with E-state index >= 15 is 0 Å². The molecular formula is C28H34N2O5. The predicted octanol–water partition coefficient (Wildman–Crippen LogP) is 4.80. The average Bonchev–Trinajstić information content (AvgIpc) is 3.36. The van der Waals surface area contributed by atoms with E-state index in [9.17, 15) is 19.5 Å². The summed E-state index contributed by atoms with van der Waals surface area (Å²) in [5, 5.41) is 12.1. The van der Waals surface area contributed by atoms with Gasteiger partial charge in [-0.25, -0.2) is 4.79 Å². The van der Waals surface area contributed by atoms with Crippen molar-refractivity contribution in [3.8, 4) is 11.1 Å². The first-order valence-corrected chi connectivity index (χ1v) is 12.4. The molecule has 3 unspecified atom stereocenters. The Morgan fingerprint density at radius 3 is 2.29 bits per heavy atom. The molecule has 2 aromatic carbocycles. The molecule has 1 fully saturated rings. The minimum atomic E-state index is -0.936. The van der Waals surface area contributed by atoms with Crippen LogP contribution < -0.4 is 5.32 Å². The largest absolute Gasteiger partial charge is 0.481 e. The van der Waals surface area contributed by atoms with Crippen LogP contribution in [0.2, 0.25) is 0 Å². The number of carbonyl (C=O) groups is 3. The van der Waals surface area contributed by atoms with Gasteiger partial charge in [0.1, 0.15) is 6.61 Å². The summed E-state index contributed by atoms with van der Waals surface area (Å²) in [6.07, 6.45) is 1.48. The van der Waals surface area contributed by atoms with E-state index in [1.807, 2.05) is 38.1 Å². The van der Waals surface area contributed by atoms with Crippen LogP contribution in [0, 0.1) is 5.41 Å². The van der Waals surface area contributed by atoms with Crippen molar-refractivity contribution in [2.45, 2.75) is 64.5 Å². The maximum absolute atomic E-state index is 13.5. The second-order valence-corrected chi connectivity index (χ2v) is 9.87. The van der Waals surface area contributed by atoms with Crippen molar-refractivity contribution in [3.05, 3.63) is 59.7 Å². The van der Waals surface area contributed by atoms with E-state index in [-0.39, 0.29) is 30.9 Å². The van der Waals surface area contributed by atoms with Gasteiger partial charge < -0.3 is 20.1 Å². The Morgan fingerprint density at radius 2 is 1.71 bits per heavy atom. The number of hydrogen-bond donors (Lipinski definition) is 2. The van der Waals surface area contributed by atoms with Gasteiger partial charge in [0.2, 0.25) is 5.91 Å². The minimum absolute atomic E-state index is 0.0304. The molecule has 0 spiro atoms. The maximum Gasteiger partial charge on any atom is 0.407 e. The third kappa shape index (κ3) is 4.77. The van der Waals surface area contributed by atoms with Crippen LogP contribution in [-0.2, 0) is 14.3 Å². The molecule has 7 nitrogen and oxygen atoms in total. The zero-order valence-corrected chi connectivity index (χ0v) is 20.6. The first-order valence-electron chi connectivity index (χ1n) is 12.4. The molecule has 0 heterocycles. The number of fused-ring (bicyclic) bond motifs is 3. The quantitative estimate of drug-likeness (QED) is 0.568. The molecule has 2 aliphatic rings. The standard InChI is InChI=1S/C28H34N2O5/c1-4-30(18(2)16-25(31)32)26(33)28(3)15-9-14-24(28)29-27(34)35-17-23-21-12-7-5-10-19(21)20-11-6-8-13-22(20)23/h5-8,10-13,18,23-24H,4,9,14-17H2,1-3H3,(H,29,34)(H,31,32). The lowest BCUT2D eigenvalue weighted by molar-refractivity contribution is -0.146. The van der Waals surface area contributed by atoms with E-state index in [4.69, 9.17) is 4.74 Å². The molecule has 1 saturated carbocycles. The highest BCUT2D eigenvalue weighted by atomic mass is 16.5. The van der Waals surface area contributed by atoms with Gasteiger partial charge in [0.15, 0.2) is 0 Å². The summed E-state index contributed by atoms with van der Waals surface area (Å²) < 4.78 is 5.71. The Kier molecular flexibility index (Phi) is 7.15. The summed E-state index contributed by atoms with van der Waals surface area (Å²) in [5.74, 6) is -1.08. The molecule has 0 saturated heterocycles. The van der Waals surface area contributed by atoms with E-state index in [0.717, 1.165) is 17.5 Å². The zero-order valence-electron chi connectivity index (χ0n) is 20.6. The van der Waals surface area contributed by atoms with E-state index in [2.05, 4.69) is 29.6 Å². The van der Waals surface area contributed by atoms with Crippen LogP contribution in [0.1, 0.15) is 63.5 Å². The van der Waals surface area contributed by atoms with Crippen molar-refractivity contribution in [1.82, 2.24) is 10.2 Å². The summed E-state index contributed by atoms with van der Waals surface area (Å²) in [4.78, 5) is 39.2. The predicted molar refractivity (Wildman–Crippen MR) is 133 cm³/mol. The molecule has 2 N–H and O–H groups in total. The second-order valence-electron chi connectivity index (χ2n) is 9.87. The number of nitrogens with zero attached hydrogens (tertiary/aromatic N) is 1. The van der Waals surface area contributed by atoms with Gasteiger partial charge in [-0.2, -0.15) is 0 Å². The number of ether oxygens (including phenoxy) is 1. The fourth-order valence-electron chi connectivity index (χ4n) is 5.78. The third-order valence-electron chi connectivity index (χ3n) is 7.69. The Labute approximate surface area is 206 Å². The van der Waals surface area contributed by atoms with Gasteiger partial charge in [-0.05, 0) is 55.9 Å². The van der Waals surface area contributed by atoms with Crippen molar-refractivity contribution in [2.24, 2.45) is 5.41 Å². The van der Waals surface area contributed by atoms with Crippen molar-refractivity contribution in [1.29, 1.82) is 0 Å². The molecular weight excluding hydrogens is 444 g/mol. The van der Waals surface area contributed by atoms with Gasteiger partial charge in [0, 0.05) is 24.5 Å². The molecule has 35 heavy (non-hydrogen) atoms. The van der Waals surface area contributed by atoms with Gasteiger partial charge in [-0.15, -0.1) is 0 Å². The van der Waals surface area contributed by atoms with Gasteiger partial charge in [-0.1, -0.05) is 55.0 Å². The Balaban J connectivity index is 1.43. The molecule has 186 valence electrons. The van der Waals surface area contributed by atoms with E-state index in [1.54, 1.807) is 11.8 Å². The number of amides is 2. The Hall–Kier alpha value is -3.35. The second kappa shape index (κ2) is 10.1. The highest BCUT2D eigenvalue weighted by Crippen LogP contribution is 2.45. The highest BCUT2D eigenvalue weighted by Gasteiger charge is 2.48. The molecule has 0 aliphatic heterocycles. The van der Waals surface area contributed by atoms with Crippen LogP contribution in [0.3, 0.4) is 0 Å². The van der Waals surface area contributed by atoms with Gasteiger partial charge in [-0.3, -0.25) is 9.59 Å². The number of aliphatic carboxylic acids is 1. The monoisotopic (exact) mass is 478 g/mol. The van der Waals surface area contributed by atoms with Crippen molar-refractivity contribution in [3.63, 3.8) is 0 Å². The SMILES string of the molecule is CCN(C(=O)C1(C)CCCC1NC(=O)OCC1c2ccccc2-c2ccccc21)C(C)CC(=O)O. The lowest BCUT2D eigenvalue weighted by atomic mass is 9.82. The molecule has 0 bridgehead atoms. The van der Waals surface area contributed by atoms with Gasteiger partial charge in [0.05, 0.1) is 11.8 Å². The van der Waals surface area contributed by atoms with Crippen molar-refractivity contribution >= 4 is 18.0 Å². The number of carbonyl (C=O) groups excluding carboxylic acids is 2. The number of hydrogen-bond acceptors (Lipinski definition) is 4. The summed E-state index contributed by atoms with van der Waals surface area (Å²) in [6.45, 7) is 6.10. The van der Waals surface area contributed by atoms with Gasteiger partial charge >= 0.3 is 12.1 Å². The molecule has 7 heteroatoms. The van der Waals surface area contributed by atoms with E-state index in [1.165, 1.54) is 11.1 Å². The van der Waals surface area contributed by atoms with Gasteiger partial charge in [0.25, 0.3) is 0 Å². The lowest BCUT2D eigenvalue weighted by Crippen LogP contribution is -2.54. The number of rotatable bonds is 8. The Morgan fingerprint density at radius 1 is 1.11 bits per heavy atom. The van der Waals surface area contributed by atoms with Crippen LogP contribution in [0.25, 0.3) is 11.1 Å². The van der Waals surface area contributed by atoms with E-state index < -0.39 is 23.5 Å². The topological polar surface area (TPSA) is 95.9 Å². The smallest absolute Gasteiger partial charge is 0.407 e. The van der Waals surface area contributed by atoms with E-state index in [0.29, 0.717) is 19.4 Å². The fraction of sp³-hybridized carbons (Fsp3) is 0.464. The van der Waals surface area contributed by atoms with Crippen molar-refractivity contribution < 1.29 is 24.2 Å².